The molecule has 1 aliphatic rings. The third-order valence-electron chi connectivity index (χ3n) is 4.44. The Hall–Kier alpha value is -1.89. The van der Waals surface area contributed by atoms with E-state index in [0.717, 1.165) is 36.1 Å². The largest absolute Gasteiger partial charge is 0.419 e. The van der Waals surface area contributed by atoms with Gasteiger partial charge in [-0.2, -0.15) is 0 Å². The van der Waals surface area contributed by atoms with E-state index in [1.54, 1.807) is 11.3 Å². The molecule has 7 heteroatoms. The molecule has 2 aromatic heterocycles. The molecule has 0 bridgehead atoms. The molecule has 4 rings (SSSR count). The standard InChI is InChI=1S/C18H19ClN4OS/c1-13-4-5-14(19)11-15(13)23-8-6-22(7-9-23)12-17-20-21-18(24-17)16-3-2-10-25-16/h2-5,10-11H,6-9,12H2,1H3. The molecule has 0 spiro atoms. The van der Waals surface area contributed by atoms with Crippen LogP contribution in [0.1, 0.15) is 11.5 Å². The molecular weight excluding hydrogens is 356 g/mol. The maximum atomic E-state index is 6.15. The summed E-state index contributed by atoms with van der Waals surface area (Å²) in [6.07, 6.45) is 0. The molecule has 0 saturated carbocycles. The average Bonchev–Trinajstić information content (AvgIpc) is 3.29. The molecule has 5 nitrogen and oxygen atoms in total. The van der Waals surface area contributed by atoms with Crippen LogP contribution in [-0.2, 0) is 6.54 Å². The predicted molar refractivity (Wildman–Crippen MR) is 101 cm³/mol. The number of anilines is 1. The summed E-state index contributed by atoms with van der Waals surface area (Å²) in [5.41, 5.74) is 2.49. The van der Waals surface area contributed by atoms with Crippen LogP contribution in [0.25, 0.3) is 10.8 Å². The first-order valence-electron chi connectivity index (χ1n) is 8.29. The lowest BCUT2D eigenvalue weighted by Gasteiger charge is -2.36. The summed E-state index contributed by atoms with van der Waals surface area (Å²) in [4.78, 5) is 5.75. The van der Waals surface area contributed by atoms with E-state index >= 15 is 0 Å². The number of hydrogen-bond acceptors (Lipinski definition) is 6. The number of nitrogens with zero attached hydrogens (tertiary/aromatic N) is 4. The number of benzene rings is 1. The minimum absolute atomic E-state index is 0.609. The number of thiophene rings is 1. The summed E-state index contributed by atoms with van der Waals surface area (Å²) < 4.78 is 5.79. The van der Waals surface area contributed by atoms with E-state index in [-0.39, 0.29) is 0 Å². The molecule has 0 aliphatic carbocycles. The Labute approximate surface area is 155 Å². The van der Waals surface area contributed by atoms with Gasteiger partial charge < -0.3 is 9.32 Å². The summed E-state index contributed by atoms with van der Waals surface area (Å²) >= 11 is 7.76. The molecular formula is C18H19ClN4OS. The molecule has 1 aromatic carbocycles. The fourth-order valence-corrected chi connectivity index (χ4v) is 3.89. The second-order valence-corrected chi connectivity index (χ2v) is 7.56. The van der Waals surface area contributed by atoms with Crippen LogP contribution in [0.5, 0.6) is 0 Å². The van der Waals surface area contributed by atoms with Gasteiger partial charge in [0.25, 0.3) is 5.89 Å². The highest BCUT2D eigenvalue weighted by atomic mass is 35.5. The third kappa shape index (κ3) is 3.71. The van der Waals surface area contributed by atoms with Crippen molar-refractivity contribution in [3.05, 3.63) is 52.2 Å². The molecule has 3 heterocycles. The number of aryl methyl sites for hydroxylation is 1. The zero-order valence-corrected chi connectivity index (χ0v) is 15.6. The van der Waals surface area contributed by atoms with Crippen molar-refractivity contribution in [3.63, 3.8) is 0 Å². The van der Waals surface area contributed by atoms with Gasteiger partial charge in [-0.05, 0) is 36.1 Å². The molecule has 0 unspecified atom stereocenters. The predicted octanol–water partition coefficient (Wildman–Crippen LogP) is 4.08. The highest BCUT2D eigenvalue weighted by Crippen LogP contribution is 2.26. The van der Waals surface area contributed by atoms with Gasteiger partial charge in [0, 0.05) is 36.9 Å². The number of halogens is 1. The zero-order chi connectivity index (χ0) is 17.2. The molecule has 1 saturated heterocycles. The van der Waals surface area contributed by atoms with Crippen molar-refractivity contribution < 1.29 is 4.42 Å². The molecule has 1 aliphatic heterocycles. The second kappa shape index (κ2) is 7.15. The van der Waals surface area contributed by atoms with Crippen LogP contribution in [0.3, 0.4) is 0 Å². The van der Waals surface area contributed by atoms with Crippen LogP contribution < -0.4 is 4.90 Å². The minimum atomic E-state index is 0.609. The van der Waals surface area contributed by atoms with E-state index in [1.807, 2.05) is 23.6 Å². The molecule has 0 radical (unpaired) electrons. The van der Waals surface area contributed by atoms with Crippen molar-refractivity contribution in [2.45, 2.75) is 13.5 Å². The van der Waals surface area contributed by atoms with Gasteiger partial charge in [-0.15, -0.1) is 21.5 Å². The van der Waals surface area contributed by atoms with Gasteiger partial charge in [0.1, 0.15) is 0 Å². The summed E-state index contributed by atoms with van der Waals surface area (Å²) in [6.45, 7) is 6.68. The van der Waals surface area contributed by atoms with Crippen LogP contribution in [-0.4, -0.2) is 41.3 Å². The Bertz CT molecular complexity index is 841. The lowest BCUT2D eigenvalue weighted by molar-refractivity contribution is 0.227. The molecule has 130 valence electrons. The first-order chi connectivity index (χ1) is 12.2. The van der Waals surface area contributed by atoms with Gasteiger partial charge >= 0.3 is 0 Å². The molecule has 0 amide bonds. The van der Waals surface area contributed by atoms with Crippen molar-refractivity contribution in [2.75, 3.05) is 31.1 Å². The lowest BCUT2D eigenvalue weighted by Crippen LogP contribution is -2.46. The molecule has 25 heavy (non-hydrogen) atoms. The van der Waals surface area contributed by atoms with E-state index in [0.29, 0.717) is 18.3 Å². The molecule has 3 aromatic rings. The highest BCUT2D eigenvalue weighted by Gasteiger charge is 2.20. The van der Waals surface area contributed by atoms with Gasteiger partial charge in [0.05, 0.1) is 11.4 Å². The monoisotopic (exact) mass is 374 g/mol. The van der Waals surface area contributed by atoms with Crippen LogP contribution >= 0.6 is 22.9 Å². The summed E-state index contributed by atoms with van der Waals surface area (Å²) in [7, 11) is 0. The number of aromatic nitrogens is 2. The van der Waals surface area contributed by atoms with Crippen LogP contribution in [0.2, 0.25) is 5.02 Å². The Balaban J connectivity index is 1.37. The van der Waals surface area contributed by atoms with Crippen molar-refractivity contribution >= 4 is 28.6 Å². The Morgan fingerprint density at radius 1 is 1.16 bits per heavy atom. The topological polar surface area (TPSA) is 45.4 Å². The first-order valence-corrected chi connectivity index (χ1v) is 9.54. The molecule has 0 N–H and O–H groups in total. The summed E-state index contributed by atoms with van der Waals surface area (Å²) in [5, 5.41) is 11.1. The SMILES string of the molecule is Cc1ccc(Cl)cc1N1CCN(Cc2nnc(-c3cccs3)o2)CC1. The minimum Gasteiger partial charge on any atom is -0.419 e. The molecule has 0 atom stereocenters. The fourth-order valence-electron chi connectivity index (χ4n) is 3.08. The van der Waals surface area contributed by atoms with E-state index in [2.05, 4.69) is 39.1 Å². The van der Waals surface area contributed by atoms with Gasteiger partial charge in [0.2, 0.25) is 5.89 Å². The van der Waals surface area contributed by atoms with Crippen LogP contribution in [0.15, 0.2) is 40.1 Å². The van der Waals surface area contributed by atoms with E-state index in [9.17, 15) is 0 Å². The number of hydrogen-bond donors (Lipinski definition) is 0. The lowest BCUT2D eigenvalue weighted by atomic mass is 10.1. The van der Waals surface area contributed by atoms with Gasteiger partial charge in [-0.3, -0.25) is 4.90 Å². The van der Waals surface area contributed by atoms with Crippen LogP contribution in [0.4, 0.5) is 5.69 Å². The average molecular weight is 375 g/mol. The zero-order valence-electron chi connectivity index (χ0n) is 14.0. The number of piperazine rings is 1. The first kappa shape index (κ1) is 16.6. The third-order valence-corrected chi connectivity index (χ3v) is 5.53. The Kier molecular flexibility index (Phi) is 4.74. The Morgan fingerprint density at radius 3 is 2.76 bits per heavy atom. The van der Waals surface area contributed by atoms with E-state index in [4.69, 9.17) is 16.0 Å². The molecule has 1 fully saturated rings. The summed E-state index contributed by atoms with van der Waals surface area (Å²) in [5.74, 6) is 1.29. The van der Waals surface area contributed by atoms with Gasteiger partial charge in [-0.1, -0.05) is 23.7 Å². The highest BCUT2D eigenvalue weighted by molar-refractivity contribution is 7.13. The second-order valence-electron chi connectivity index (χ2n) is 6.17. The van der Waals surface area contributed by atoms with Gasteiger partial charge in [0.15, 0.2) is 0 Å². The van der Waals surface area contributed by atoms with E-state index in [1.165, 1.54) is 11.3 Å². The van der Waals surface area contributed by atoms with Gasteiger partial charge in [-0.25, -0.2) is 0 Å². The number of rotatable bonds is 4. The van der Waals surface area contributed by atoms with Crippen molar-refractivity contribution in [1.82, 2.24) is 15.1 Å². The van der Waals surface area contributed by atoms with Crippen molar-refractivity contribution in [3.8, 4) is 10.8 Å². The maximum absolute atomic E-state index is 6.15. The summed E-state index contributed by atoms with van der Waals surface area (Å²) in [6, 6.07) is 10.1. The van der Waals surface area contributed by atoms with Crippen molar-refractivity contribution in [2.24, 2.45) is 0 Å². The van der Waals surface area contributed by atoms with Crippen molar-refractivity contribution in [1.29, 1.82) is 0 Å². The fraction of sp³-hybridized carbons (Fsp3) is 0.333. The smallest absolute Gasteiger partial charge is 0.257 e. The Morgan fingerprint density at radius 2 is 2.00 bits per heavy atom. The quantitative estimate of drug-likeness (QED) is 0.688. The van der Waals surface area contributed by atoms with E-state index < -0.39 is 0 Å². The van der Waals surface area contributed by atoms with Crippen LogP contribution in [0, 0.1) is 6.92 Å². The normalized spacial score (nSPS) is 15.7. The maximum Gasteiger partial charge on any atom is 0.257 e.